The van der Waals surface area contributed by atoms with Crippen LogP contribution in [0.15, 0.2) is 133 Å². The summed E-state index contributed by atoms with van der Waals surface area (Å²) in [4.78, 5) is 179. The minimum Gasteiger partial charge on any atom is -0.464 e. The predicted octanol–water partition coefficient (Wildman–Crippen LogP) is 6.92. The number of primary amides is 1. The van der Waals surface area contributed by atoms with E-state index in [1.54, 1.807) is 212 Å². The highest BCUT2D eigenvalue weighted by Crippen LogP contribution is 2.18. The number of carbonyl (C=O) groups is 13. The maximum absolute atomic E-state index is 15.3. The Labute approximate surface area is 652 Å². The highest BCUT2D eigenvalue weighted by atomic mass is 16.6. The third kappa shape index (κ3) is 41.6. The van der Waals surface area contributed by atoms with Crippen molar-refractivity contribution in [2.24, 2.45) is 11.5 Å². The van der Waals surface area contributed by atoms with Crippen LogP contribution in [0.3, 0.4) is 0 Å². The average Bonchev–Trinajstić information content (AvgIpc) is 0.846. The second kappa shape index (κ2) is 47.4. The van der Waals surface area contributed by atoms with E-state index in [-0.39, 0.29) is 83.9 Å². The molecule has 0 bridgehead atoms. The third-order valence-corrected chi connectivity index (χ3v) is 15.9. The molecule has 0 radical (unpaired) electrons. The summed E-state index contributed by atoms with van der Waals surface area (Å²) in [7, 11) is 0. The van der Waals surface area contributed by atoms with Crippen molar-refractivity contribution in [3.63, 3.8) is 0 Å². The van der Waals surface area contributed by atoms with Crippen molar-refractivity contribution in [3.05, 3.63) is 156 Å². The second-order valence-electron chi connectivity index (χ2n) is 30.8. The van der Waals surface area contributed by atoms with Crippen molar-refractivity contribution in [1.82, 2.24) is 47.9 Å². The zero-order chi connectivity index (χ0) is 83.1. The van der Waals surface area contributed by atoms with E-state index in [0.29, 0.717) is 35.1 Å². The number of rotatable bonds is 41. The highest BCUT2D eigenvalue weighted by Gasteiger charge is 2.37. The molecule has 29 nitrogen and oxygen atoms in total. The number of esters is 3. The number of nitrogens with two attached hydrogens (primary N) is 2. The fraction of sp³-hybridized carbons (Fsp3) is 0.524. The lowest BCUT2D eigenvalue weighted by Gasteiger charge is -2.28. The Morgan fingerprint density at radius 3 is 0.928 bits per heavy atom. The number of ether oxygens (including phenoxy) is 5. The number of nitrogens with one attached hydrogen (secondary N) is 9. The standard InChI is InChI=1S/C78H112N10O17.C4H7NO/c1-14-101-72(98)59(40-28-30-46-81-74(100)105-78(11,12)13)85-71(97)62(50-54-37-25-18-26-38-54)88-68(94)58(42-44-64(90)103-76(5,6)7)84-70(96)61(49-53-35-23-17-24-36-53)86-66(92)56(39-27-29-45-80-73(99)104-77(8,9)10)83-69(95)60(48-52-33-21-16-22-34-52)87-67(93)57(41-43-63(89)102-75(2,3)4)82-65(91)55(79)47-51-31-19-15-20-32-51;1-3(2)4(5)6/h15-26,31-38,55-62H,14,27-30,39-50,79H2,1-13H3,(H,80,99)(H,81,100)(H,82,91)(H,83,95)(H,84,96)(H,85,97)(H,86,92)(H,87,93)(H,88,94);1H2,2H3,(H2,5,6)/t55-,56-,57-,58-,59-,60-,61-,62-;/m0./s1. The van der Waals surface area contributed by atoms with Gasteiger partial charge in [-0.2, -0.15) is 0 Å². The number of unbranched alkanes of at least 4 members (excludes halogenated alkanes) is 2. The number of hydrogen-bond donors (Lipinski definition) is 11. The molecule has 4 aromatic rings. The molecule has 0 aliphatic rings. The molecule has 0 heterocycles. The maximum Gasteiger partial charge on any atom is 0.407 e. The van der Waals surface area contributed by atoms with Crippen molar-refractivity contribution >= 4 is 77.4 Å². The molecule has 0 aromatic heterocycles. The normalized spacial score (nSPS) is 13.5. The minimum absolute atomic E-state index is 0.0168. The largest absolute Gasteiger partial charge is 0.464 e. The van der Waals surface area contributed by atoms with E-state index in [2.05, 4.69) is 54.4 Å². The number of benzene rings is 4. The van der Waals surface area contributed by atoms with Crippen LogP contribution in [0, 0.1) is 0 Å². The van der Waals surface area contributed by atoms with Crippen LogP contribution in [0.2, 0.25) is 0 Å². The zero-order valence-electron chi connectivity index (χ0n) is 66.9. The summed E-state index contributed by atoms with van der Waals surface area (Å²) in [5.74, 6) is -8.63. The molecule has 0 fully saturated rings. The number of carbonyl (C=O) groups excluding carboxylic acids is 13. The maximum atomic E-state index is 15.3. The van der Waals surface area contributed by atoms with Crippen LogP contribution in [0.1, 0.15) is 183 Å². The van der Waals surface area contributed by atoms with Crippen LogP contribution in [0.4, 0.5) is 9.59 Å². The number of hydrogen-bond acceptors (Lipinski definition) is 19. The SMILES string of the molecule is C=C(C)C(N)=O.CCOC(=O)[C@H](CCCCNC(=O)OC(C)(C)C)NC(=O)[C@H](Cc1ccccc1)NC(=O)[C@H](CCC(=O)OC(C)(C)C)NC(=O)[C@H](Cc1ccccc1)NC(=O)[C@H](CCCCNC(=O)OC(C)(C)C)NC(=O)[C@H](Cc1ccccc1)NC(=O)[C@H](CCC(=O)OC(C)(C)C)NC(=O)[C@@H](N)Cc1ccccc1. The Kier molecular flexibility index (Phi) is 40.3. The Bertz CT molecular complexity index is 3660. The lowest BCUT2D eigenvalue weighted by Crippen LogP contribution is -2.61. The van der Waals surface area contributed by atoms with Crippen LogP contribution >= 0.6 is 0 Å². The molecule has 0 aliphatic heterocycles. The van der Waals surface area contributed by atoms with Crippen molar-refractivity contribution < 1.29 is 86.0 Å². The van der Waals surface area contributed by atoms with E-state index in [1.165, 1.54) is 0 Å². The monoisotopic (exact) mass is 1550 g/mol. The van der Waals surface area contributed by atoms with E-state index < -0.39 is 161 Å². The van der Waals surface area contributed by atoms with Crippen LogP contribution in [-0.2, 0) is 102 Å². The van der Waals surface area contributed by atoms with E-state index in [1.807, 2.05) is 6.07 Å². The Hall–Kier alpha value is -10.7. The number of alkyl carbamates (subject to hydrolysis) is 2. The third-order valence-electron chi connectivity index (χ3n) is 15.9. The topological polar surface area (TPSA) is 428 Å². The number of amides is 10. The zero-order valence-corrected chi connectivity index (χ0v) is 66.9. The van der Waals surface area contributed by atoms with Crippen molar-refractivity contribution in [2.45, 2.75) is 258 Å². The van der Waals surface area contributed by atoms with Gasteiger partial charge in [0, 0.05) is 50.8 Å². The molecule has 29 heteroatoms. The quantitative estimate of drug-likeness (QED) is 0.00929. The molecule has 0 spiro atoms. The molecule has 0 saturated heterocycles. The van der Waals surface area contributed by atoms with Crippen molar-refractivity contribution in [3.8, 4) is 0 Å². The smallest absolute Gasteiger partial charge is 0.407 e. The summed E-state index contributed by atoms with van der Waals surface area (Å²) in [6.07, 6.45) is -2.04. The van der Waals surface area contributed by atoms with Gasteiger partial charge in [0.05, 0.1) is 12.6 Å². The van der Waals surface area contributed by atoms with Gasteiger partial charge < -0.3 is 83.0 Å². The van der Waals surface area contributed by atoms with Gasteiger partial charge in [-0.1, -0.05) is 128 Å². The van der Waals surface area contributed by atoms with Gasteiger partial charge in [-0.15, -0.1) is 0 Å². The molecular weight excluding hydrogens is 1430 g/mol. The first kappa shape index (κ1) is 94.5. The van der Waals surface area contributed by atoms with Gasteiger partial charge >= 0.3 is 30.1 Å². The van der Waals surface area contributed by atoms with Gasteiger partial charge in [-0.05, 0) is 177 Å². The van der Waals surface area contributed by atoms with E-state index in [4.69, 9.17) is 35.2 Å². The molecule has 610 valence electrons. The summed E-state index contributed by atoms with van der Waals surface area (Å²) >= 11 is 0. The van der Waals surface area contributed by atoms with E-state index >= 15 is 19.2 Å². The van der Waals surface area contributed by atoms with Crippen LogP contribution in [0.25, 0.3) is 0 Å². The fourth-order valence-corrected chi connectivity index (χ4v) is 10.6. The molecule has 0 aliphatic carbocycles. The molecule has 4 aromatic carbocycles. The first-order chi connectivity index (χ1) is 52.0. The molecule has 111 heavy (non-hydrogen) atoms. The van der Waals surface area contributed by atoms with Crippen LogP contribution in [-0.4, -0.2) is 168 Å². The molecule has 10 amide bonds. The van der Waals surface area contributed by atoms with Gasteiger partial charge in [0.25, 0.3) is 0 Å². The van der Waals surface area contributed by atoms with Gasteiger partial charge in [0.2, 0.25) is 47.3 Å². The van der Waals surface area contributed by atoms with Crippen LogP contribution < -0.4 is 59.3 Å². The lowest BCUT2D eigenvalue weighted by molar-refractivity contribution is -0.156. The van der Waals surface area contributed by atoms with E-state index in [9.17, 15) is 43.2 Å². The van der Waals surface area contributed by atoms with Crippen molar-refractivity contribution in [2.75, 3.05) is 19.7 Å². The Morgan fingerprint density at radius 2 is 0.631 bits per heavy atom. The summed E-state index contributed by atoms with van der Waals surface area (Å²) in [5.41, 5.74) is 10.6. The lowest BCUT2D eigenvalue weighted by atomic mass is 10.0. The van der Waals surface area contributed by atoms with Gasteiger partial charge in [-0.3, -0.25) is 47.9 Å². The molecule has 4 rings (SSSR count). The second-order valence-corrected chi connectivity index (χ2v) is 30.8. The average molecular weight is 1550 g/mol. The van der Waals surface area contributed by atoms with E-state index in [0.717, 1.165) is 5.56 Å². The first-order valence-corrected chi connectivity index (χ1v) is 37.5. The molecular formula is C82H119N11O18. The van der Waals surface area contributed by atoms with Crippen LogP contribution in [0.5, 0.6) is 0 Å². The summed E-state index contributed by atoms with van der Waals surface area (Å²) in [5, 5.41) is 24.7. The van der Waals surface area contributed by atoms with Gasteiger partial charge in [-0.25, -0.2) is 14.4 Å². The van der Waals surface area contributed by atoms with Crippen molar-refractivity contribution in [1.29, 1.82) is 0 Å². The molecule has 0 saturated carbocycles. The summed E-state index contributed by atoms with van der Waals surface area (Å²) in [6.45, 7) is 27.0. The fourth-order valence-electron chi connectivity index (χ4n) is 10.6. The Balaban J connectivity index is 0.00000510. The molecule has 8 atom stereocenters. The highest BCUT2D eigenvalue weighted by molar-refractivity contribution is 5.98. The van der Waals surface area contributed by atoms with Gasteiger partial charge in [0.1, 0.15) is 64.7 Å². The molecule has 0 unspecified atom stereocenters. The summed E-state index contributed by atoms with van der Waals surface area (Å²) in [6, 6.07) is 23.5. The summed E-state index contributed by atoms with van der Waals surface area (Å²) < 4.78 is 27.2. The first-order valence-electron chi connectivity index (χ1n) is 37.5. The molecule has 13 N–H and O–H groups in total. The Morgan fingerprint density at radius 1 is 0.369 bits per heavy atom. The predicted molar refractivity (Wildman–Crippen MR) is 419 cm³/mol. The van der Waals surface area contributed by atoms with Gasteiger partial charge in [0.15, 0.2) is 0 Å². The minimum atomic E-state index is -1.61.